The summed E-state index contributed by atoms with van der Waals surface area (Å²) in [6.07, 6.45) is 0. The van der Waals surface area contributed by atoms with Crippen LogP contribution in [-0.4, -0.2) is 38.1 Å². The van der Waals surface area contributed by atoms with Gasteiger partial charge in [-0.2, -0.15) is 0 Å². The second-order valence-electron chi connectivity index (χ2n) is 3.56. The molecular formula is C11H13F2NO2. The average Bonchev–Trinajstić information content (AvgIpc) is 2.21. The monoisotopic (exact) mass is 229 g/mol. The zero-order valence-corrected chi connectivity index (χ0v) is 9.17. The molecule has 0 radical (unpaired) electrons. The maximum absolute atomic E-state index is 13.1. The number of hydrogen-bond donors (Lipinski definition) is 0. The lowest BCUT2D eigenvalue weighted by Crippen LogP contribution is -2.20. The molecule has 0 amide bonds. The molecule has 0 bridgehead atoms. The van der Waals surface area contributed by atoms with Crippen LogP contribution in [0.5, 0.6) is 0 Å². The normalized spacial score (nSPS) is 10.6. The van der Waals surface area contributed by atoms with Crippen molar-refractivity contribution >= 4 is 5.97 Å². The lowest BCUT2D eigenvalue weighted by Gasteiger charge is -2.10. The van der Waals surface area contributed by atoms with E-state index in [1.54, 1.807) is 0 Å². The fourth-order valence-electron chi connectivity index (χ4n) is 1.05. The van der Waals surface area contributed by atoms with Crippen LogP contribution < -0.4 is 0 Å². The smallest absolute Gasteiger partial charge is 0.341 e. The number of benzene rings is 1. The van der Waals surface area contributed by atoms with Gasteiger partial charge >= 0.3 is 5.97 Å². The van der Waals surface area contributed by atoms with Crippen molar-refractivity contribution in [2.45, 2.75) is 0 Å². The Hall–Kier alpha value is -1.49. The third kappa shape index (κ3) is 3.58. The SMILES string of the molecule is CN(C)CCOC(=O)c1cc(F)ccc1F. The van der Waals surface area contributed by atoms with E-state index in [-0.39, 0.29) is 12.2 Å². The molecule has 0 heterocycles. The molecule has 0 fully saturated rings. The van der Waals surface area contributed by atoms with E-state index < -0.39 is 17.6 Å². The van der Waals surface area contributed by atoms with Crippen LogP contribution in [0.15, 0.2) is 18.2 Å². The summed E-state index contributed by atoms with van der Waals surface area (Å²) in [5, 5.41) is 0. The highest BCUT2D eigenvalue weighted by atomic mass is 19.1. The molecule has 0 atom stereocenters. The number of carbonyl (C=O) groups excluding carboxylic acids is 1. The number of halogens is 2. The van der Waals surface area contributed by atoms with Gasteiger partial charge in [0.2, 0.25) is 0 Å². The molecule has 0 spiro atoms. The van der Waals surface area contributed by atoms with Gasteiger partial charge in [0.15, 0.2) is 0 Å². The Morgan fingerprint density at radius 2 is 2.06 bits per heavy atom. The van der Waals surface area contributed by atoms with E-state index in [9.17, 15) is 13.6 Å². The summed E-state index contributed by atoms with van der Waals surface area (Å²) >= 11 is 0. The summed E-state index contributed by atoms with van der Waals surface area (Å²) < 4.78 is 30.7. The number of carbonyl (C=O) groups is 1. The number of esters is 1. The van der Waals surface area contributed by atoms with E-state index in [0.29, 0.717) is 6.54 Å². The minimum absolute atomic E-state index is 0.141. The van der Waals surface area contributed by atoms with Gasteiger partial charge in [-0.25, -0.2) is 13.6 Å². The second-order valence-corrected chi connectivity index (χ2v) is 3.56. The number of hydrogen-bond acceptors (Lipinski definition) is 3. The van der Waals surface area contributed by atoms with E-state index in [1.807, 2.05) is 19.0 Å². The Labute approximate surface area is 92.6 Å². The fraction of sp³-hybridized carbons (Fsp3) is 0.364. The summed E-state index contributed by atoms with van der Waals surface area (Å²) in [4.78, 5) is 13.2. The molecule has 0 N–H and O–H groups in total. The molecule has 1 rings (SSSR count). The van der Waals surface area contributed by atoms with E-state index in [1.165, 1.54) is 0 Å². The fourth-order valence-corrected chi connectivity index (χ4v) is 1.05. The van der Waals surface area contributed by atoms with Gasteiger partial charge in [-0.05, 0) is 32.3 Å². The Bertz CT molecular complexity index is 380. The Morgan fingerprint density at radius 3 is 2.69 bits per heavy atom. The predicted octanol–water partition coefficient (Wildman–Crippen LogP) is 1.68. The van der Waals surface area contributed by atoms with Crippen LogP contribution >= 0.6 is 0 Å². The number of nitrogens with zero attached hydrogens (tertiary/aromatic N) is 1. The average molecular weight is 229 g/mol. The molecule has 3 nitrogen and oxygen atoms in total. The van der Waals surface area contributed by atoms with Crippen LogP contribution in [0.25, 0.3) is 0 Å². The first kappa shape index (κ1) is 12.6. The predicted molar refractivity (Wildman–Crippen MR) is 55.2 cm³/mol. The quantitative estimate of drug-likeness (QED) is 0.736. The van der Waals surface area contributed by atoms with Gasteiger partial charge in [0, 0.05) is 6.54 Å². The van der Waals surface area contributed by atoms with Crippen molar-refractivity contribution in [3.05, 3.63) is 35.4 Å². The minimum atomic E-state index is -0.848. The molecule has 0 aliphatic heterocycles. The van der Waals surface area contributed by atoms with E-state index in [2.05, 4.69) is 0 Å². The third-order valence-electron chi connectivity index (χ3n) is 1.92. The van der Waals surface area contributed by atoms with Crippen LogP contribution in [0.1, 0.15) is 10.4 Å². The van der Waals surface area contributed by atoms with Crippen molar-refractivity contribution in [3.8, 4) is 0 Å². The molecule has 88 valence electrons. The summed E-state index contributed by atoms with van der Waals surface area (Å²) in [5.41, 5.74) is -0.376. The topological polar surface area (TPSA) is 29.5 Å². The largest absolute Gasteiger partial charge is 0.461 e. The van der Waals surface area contributed by atoms with Crippen LogP contribution in [-0.2, 0) is 4.74 Å². The van der Waals surface area contributed by atoms with E-state index in [4.69, 9.17) is 4.74 Å². The van der Waals surface area contributed by atoms with Gasteiger partial charge < -0.3 is 9.64 Å². The maximum atomic E-state index is 13.1. The lowest BCUT2D eigenvalue weighted by molar-refractivity contribution is 0.0476. The first-order chi connectivity index (χ1) is 7.50. The highest BCUT2D eigenvalue weighted by molar-refractivity contribution is 5.89. The summed E-state index contributed by atoms with van der Waals surface area (Å²) in [7, 11) is 3.63. The lowest BCUT2D eigenvalue weighted by atomic mass is 10.2. The van der Waals surface area contributed by atoms with Crippen molar-refractivity contribution in [3.63, 3.8) is 0 Å². The standard InChI is InChI=1S/C11H13F2NO2/c1-14(2)5-6-16-11(15)9-7-8(12)3-4-10(9)13/h3-4,7H,5-6H2,1-2H3. The van der Waals surface area contributed by atoms with Crippen molar-refractivity contribution < 1.29 is 18.3 Å². The van der Waals surface area contributed by atoms with Crippen molar-refractivity contribution in [2.75, 3.05) is 27.2 Å². The van der Waals surface area contributed by atoms with Gasteiger partial charge in [-0.1, -0.05) is 0 Å². The van der Waals surface area contributed by atoms with E-state index >= 15 is 0 Å². The molecule has 0 aromatic heterocycles. The zero-order chi connectivity index (χ0) is 12.1. The van der Waals surface area contributed by atoms with Gasteiger partial charge in [0.05, 0.1) is 5.56 Å². The third-order valence-corrected chi connectivity index (χ3v) is 1.92. The molecule has 0 aliphatic rings. The molecule has 0 aliphatic carbocycles. The minimum Gasteiger partial charge on any atom is -0.461 e. The summed E-state index contributed by atoms with van der Waals surface area (Å²) in [6, 6.07) is 2.68. The van der Waals surface area contributed by atoms with Crippen LogP contribution in [0, 0.1) is 11.6 Å². The first-order valence-corrected chi connectivity index (χ1v) is 4.77. The summed E-state index contributed by atoms with van der Waals surface area (Å²) in [6.45, 7) is 0.671. The van der Waals surface area contributed by atoms with Crippen molar-refractivity contribution in [2.24, 2.45) is 0 Å². The Morgan fingerprint density at radius 1 is 1.38 bits per heavy atom. The molecule has 5 heteroatoms. The van der Waals surface area contributed by atoms with Crippen LogP contribution in [0.2, 0.25) is 0 Å². The summed E-state index contributed by atoms with van der Waals surface area (Å²) in [5.74, 6) is -2.30. The Kier molecular flexibility index (Phi) is 4.37. The van der Waals surface area contributed by atoms with Gasteiger partial charge in [0.25, 0.3) is 0 Å². The van der Waals surface area contributed by atoms with E-state index in [0.717, 1.165) is 18.2 Å². The second kappa shape index (κ2) is 5.55. The van der Waals surface area contributed by atoms with Crippen molar-refractivity contribution in [1.82, 2.24) is 4.90 Å². The molecule has 16 heavy (non-hydrogen) atoms. The molecule has 1 aromatic carbocycles. The molecule has 1 aromatic rings. The highest BCUT2D eigenvalue weighted by Gasteiger charge is 2.13. The van der Waals surface area contributed by atoms with Crippen LogP contribution in [0.3, 0.4) is 0 Å². The Balaban J connectivity index is 2.62. The van der Waals surface area contributed by atoms with Gasteiger partial charge in [-0.15, -0.1) is 0 Å². The highest BCUT2D eigenvalue weighted by Crippen LogP contribution is 2.10. The first-order valence-electron chi connectivity index (χ1n) is 4.77. The molecular weight excluding hydrogens is 216 g/mol. The maximum Gasteiger partial charge on any atom is 0.341 e. The number of ether oxygens (including phenoxy) is 1. The zero-order valence-electron chi connectivity index (χ0n) is 9.17. The molecule has 0 saturated carbocycles. The van der Waals surface area contributed by atoms with Crippen LogP contribution in [0.4, 0.5) is 8.78 Å². The number of likely N-dealkylation sites (N-methyl/N-ethyl adjacent to an activating group) is 1. The van der Waals surface area contributed by atoms with Gasteiger partial charge in [-0.3, -0.25) is 0 Å². The van der Waals surface area contributed by atoms with Gasteiger partial charge in [0.1, 0.15) is 18.2 Å². The molecule has 0 saturated heterocycles. The number of rotatable bonds is 4. The molecule has 0 unspecified atom stereocenters. The van der Waals surface area contributed by atoms with Crippen molar-refractivity contribution in [1.29, 1.82) is 0 Å².